The summed E-state index contributed by atoms with van der Waals surface area (Å²) in [6.07, 6.45) is 3.21. The summed E-state index contributed by atoms with van der Waals surface area (Å²) in [4.78, 5) is 24.1. The van der Waals surface area contributed by atoms with Crippen molar-refractivity contribution in [3.63, 3.8) is 0 Å². The number of rotatable bonds is 5. The van der Waals surface area contributed by atoms with E-state index in [1.807, 2.05) is 18.2 Å². The van der Waals surface area contributed by atoms with Gasteiger partial charge in [-0.05, 0) is 50.1 Å². The molecule has 2 N–H and O–H groups in total. The zero-order chi connectivity index (χ0) is 19.7. The normalized spacial score (nSPS) is 24.4. The van der Waals surface area contributed by atoms with E-state index in [0.717, 1.165) is 0 Å². The van der Waals surface area contributed by atoms with E-state index in [9.17, 15) is 19.8 Å². The first-order valence-electron chi connectivity index (χ1n) is 8.44. The highest BCUT2D eigenvalue weighted by molar-refractivity contribution is 6.30. The number of carbonyl (C=O) groups is 2. The third-order valence-electron chi connectivity index (χ3n) is 4.95. The van der Waals surface area contributed by atoms with Crippen LogP contribution in [0.5, 0.6) is 11.5 Å². The van der Waals surface area contributed by atoms with Gasteiger partial charge in [0.2, 0.25) is 0 Å². The van der Waals surface area contributed by atoms with E-state index in [4.69, 9.17) is 16.3 Å². The van der Waals surface area contributed by atoms with Gasteiger partial charge < -0.3 is 14.9 Å². The van der Waals surface area contributed by atoms with Crippen LogP contribution in [-0.2, 0) is 15.0 Å². The molecule has 2 unspecified atom stereocenters. The molecule has 0 saturated carbocycles. The third-order valence-corrected chi connectivity index (χ3v) is 5.18. The Labute approximate surface area is 161 Å². The Hall–Kier alpha value is -2.79. The molecule has 0 spiro atoms. The van der Waals surface area contributed by atoms with Crippen molar-refractivity contribution in [1.29, 1.82) is 0 Å². The highest BCUT2D eigenvalue weighted by atomic mass is 35.5. The minimum atomic E-state index is -1.46. The number of hydrogen-bond donors (Lipinski definition) is 2. The Morgan fingerprint density at radius 1 is 1.07 bits per heavy atom. The average molecular weight is 387 g/mol. The van der Waals surface area contributed by atoms with Gasteiger partial charge in [-0.1, -0.05) is 42.0 Å². The minimum absolute atomic E-state index is 0.105. The van der Waals surface area contributed by atoms with E-state index in [2.05, 4.69) is 0 Å². The summed E-state index contributed by atoms with van der Waals surface area (Å²) in [5.74, 6) is -1.29. The Morgan fingerprint density at radius 3 is 2.41 bits per heavy atom. The van der Waals surface area contributed by atoms with Gasteiger partial charge in [0.25, 0.3) is 0 Å². The standard InChI is InChI=1S/C21H19ClO5/c1-20(18(23)24)10-5-11-21(13-20,19(25)26)16-12-14(22)8-9-17(16)27-15-6-3-2-4-7-15/h2-10,12H,11,13H2,1H3,(H,23,24)(H,25,26). The average Bonchev–Trinajstić information content (AvgIpc) is 2.63. The second-order valence-corrected chi connectivity index (χ2v) is 7.39. The van der Waals surface area contributed by atoms with Gasteiger partial charge in [0.05, 0.1) is 5.41 Å². The second-order valence-electron chi connectivity index (χ2n) is 6.95. The molecule has 3 rings (SSSR count). The minimum Gasteiger partial charge on any atom is -0.481 e. The predicted octanol–water partition coefficient (Wildman–Crippen LogP) is 4.90. The van der Waals surface area contributed by atoms with Crippen LogP contribution >= 0.6 is 11.6 Å². The number of para-hydroxylation sites is 1. The summed E-state index contributed by atoms with van der Waals surface area (Å²) in [6.45, 7) is 1.52. The smallest absolute Gasteiger partial charge is 0.314 e. The third kappa shape index (κ3) is 3.55. The lowest BCUT2D eigenvalue weighted by Gasteiger charge is -2.39. The monoisotopic (exact) mass is 386 g/mol. The highest BCUT2D eigenvalue weighted by Gasteiger charge is 2.51. The molecule has 0 radical (unpaired) electrons. The zero-order valence-electron chi connectivity index (χ0n) is 14.7. The molecular weight excluding hydrogens is 368 g/mol. The SMILES string of the molecule is CC1(C(=O)O)C=CCC(C(=O)O)(c2cc(Cl)ccc2Oc2ccccc2)C1. The fourth-order valence-corrected chi connectivity index (χ4v) is 3.66. The summed E-state index contributed by atoms with van der Waals surface area (Å²) in [7, 11) is 0. The van der Waals surface area contributed by atoms with Crippen molar-refractivity contribution < 1.29 is 24.5 Å². The first-order valence-corrected chi connectivity index (χ1v) is 8.82. The molecule has 0 amide bonds. The topological polar surface area (TPSA) is 83.8 Å². The maximum absolute atomic E-state index is 12.4. The van der Waals surface area contributed by atoms with Crippen molar-refractivity contribution in [2.75, 3.05) is 0 Å². The predicted molar refractivity (Wildman–Crippen MR) is 101 cm³/mol. The molecule has 0 aromatic heterocycles. The zero-order valence-corrected chi connectivity index (χ0v) is 15.4. The van der Waals surface area contributed by atoms with Crippen molar-refractivity contribution in [3.8, 4) is 11.5 Å². The number of ether oxygens (including phenoxy) is 1. The maximum atomic E-state index is 12.4. The summed E-state index contributed by atoms with van der Waals surface area (Å²) in [6, 6.07) is 13.8. The number of allylic oxidation sites excluding steroid dienone is 1. The number of carboxylic acid groups (broad SMARTS) is 2. The molecule has 0 aliphatic heterocycles. The van der Waals surface area contributed by atoms with Crippen molar-refractivity contribution in [2.45, 2.75) is 25.2 Å². The van der Waals surface area contributed by atoms with Crippen molar-refractivity contribution in [2.24, 2.45) is 5.41 Å². The van der Waals surface area contributed by atoms with Crippen LogP contribution < -0.4 is 4.74 Å². The van der Waals surface area contributed by atoms with Crippen molar-refractivity contribution >= 4 is 23.5 Å². The summed E-state index contributed by atoms with van der Waals surface area (Å²) in [5, 5.41) is 20.1. The summed E-state index contributed by atoms with van der Waals surface area (Å²) >= 11 is 6.16. The summed E-state index contributed by atoms with van der Waals surface area (Å²) < 4.78 is 5.93. The Balaban J connectivity index is 2.14. The van der Waals surface area contributed by atoms with Crippen LogP contribution in [-0.4, -0.2) is 22.2 Å². The number of halogens is 1. The van der Waals surface area contributed by atoms with Crippen LogP contribution in [0.1, 0.15) is 25.3 Å². The Bertz CT molecular complexity index is 908. The molecule has 1 aliphatic rings. The molecule has 0 saturated heterocycles. The molecule has 0 bridgehead atoms. The molecule has 1 aliphatic carbocycles. The van der Waals surface area contributed by atoms with Gasteiger partial charge in [-0.3, -0.25) is 9.59 Å². The van der Waals surface area contributed by atoms with E-state index in [1.165, 1.54) is 6.92 Å². The lowest BCUT2D eigenvalue weighted by Crippen LogP contribution is -2.45. The van der Waals surface area contributed by atoms with Gasteiger partial charge in [-0.25, -0.2) is 0 Å². The molecule has 5 nitrogen and oxygen atoms in total. The van der Waals surface area contributed by atoms with Crippen molar-refractivity contribution in [3.05, 3.63) is 71.3 Å². The van der Waals surface area contributed by atoms with E-state index in [-0.39, 0.29) is 12.8 Å². The largest absolute Gasteiger partial charge is 0.481 e. The van der Waals surface area contributed by atoms with E-state index in [1.54, 1.807) is 42.5 Å². The molecule has 27 heavy (non-hydrogen) atoms. The van der Waals surface area contributed by atoms with Gasteiger partial charge in [-0.2, -0.15) is 0 Å². The van der Waals surface area contributed by atoms with Crippen LogP contribution in [0.25, 0.3) is 0 Å². The lowest BCUT2D eigenvalue weighted by atomic mass is 9.63. The van der Waals surface area contributed by atoms with Crippen LogP contribution in [0.3, 0.4) is 0 Å². The van der Waals surface area contributed by atoms with E-state index in [0.29, 0.717) is 22.1 Å². The van der Waals surface area contributed by atoms with Gasteiger partial charge in [0, 0.05) is 10.6 Å². The van der Waals surface area contributed by atoms with Gasteiger partial charge in [0.15, 0.2) is 0 Å². The fraction of sp³-hybridized carbons (Fsp3) is 0.238. The number of hydrogen-bond acceptors (Lipinski definition) is 3. The van der Waals surface area contributed by atoms with Crippen LogP contribution in [0.4, 0.5) is 0 Å². The molecule has 2 aromatic carbocycles. The molecule has 2 aromatic rings. The van der Waals surface area contributed by atoms with E-state index >= 15 is 0 Å². The second kappa shape index (κ2) is 7.08. The molecule has 6 heteroatoms. The number of aliphatic carboxylic acids is 2. The van der Waals surface area contributed by atoms with Crippen LogP contribution in [0.15, 0.2) is 60.7 Å². The Kier molecular flexibility index (Phi) is 4.98. The molecule has 0 fully saturated rings. The molecular formula is C21H19ClO5. The van der Waals surface area contributed by atoms with Gasteiger partial charge in [-0.15, -0.1) is 0 Å². The first kappa shape index (κ1) is 19.0. The molecule has 0 heterocycles. The van der Waals surface area contributed by atoms with Crippen LogP contribution in [0, 0.1) is 5.41 Å². The maximum Gasteiger partial charge on any atom is 0.314 e. The van der Waals surface area contributed by atoms with Crippen molar-refractivity contribution in [1.82, 2.24) is 0 Å². The first-order chi connectivity index (χ1) is 12.8. The highest BCUT2D eigenvalue weighted by Crippen LogP contribution is 2.49. The summed E-state index contributed by atoms with van der Waals surface area (Å²) in [5.41, 5.74) is -2.40. The molecule has 140 valence electrons. The quantitative estimate of drug-likeness (QED) is 0.714. The molecule has 2 atom stereocenters. The Morgan fingerprint density at radius 2 is 1.78 bits per heavy atom. The number of benzene rings is 2. The van der Waals surface area contributed by atoms with Crippen LogP contribution in [0.2, 0.25) is 5.02 Å². The fourth-order valence-electron chi connectivity index (χ4n) is 3.49. The lowest BCUT2D eigenvalue weighted by molar-refractivity contribution is -0.151. The number of carboxylic acids is 2. The van der Waals surface area contributed by atoms with E-state index < -0.39 is 22.8 Å². The van der Waals surface area contributed by atoms with Gasteiger partial charge in [0.1, 0.15) is 16.9 Å². The van der Waals surface area contributed by atoms with Gasteiger partial charge >= 0.3 is 11.9 Å².